The zero-order chi connectivity index (χ0) is 15.3. The molecule has 0 saturated carbocycles. The van der Waals surface area contributed by atoms with Gasteiger partial charge >= 0.3 is 0 Å². The number of alkyl halides is 2. The van der Waals surface area contributed by atoms with E-state index >= 15 is 0 Å². The Labute approximate surface area is 119 Å². The summed E-state index contributed by atoms with van der Waals surface area (Å²) in [6.45, 7) is 3.42. The number of hydrogen-bond acceptors (Lipinski definition) is 3. The molecule has 0 aliphatic carbocycles. The molecule has 0 amide bonds. The number of halogens is 2. The van der Waals surface area contributed by atoms with Crippen LogP contribution in [0.5, 0.6) is 11.5 Å². The second-order valence-electron chi connectivity index (χ2n) is 4.79. The lowest BCUT2D eigenvalue weighted by molar-refractivity contribution is -0.0106. The van der Waals surface area contributed by atoms with Gasteiger partial charge in [-0.05, 0) is 30.5 Å². The SMILES string of the molecule is CCC(N)Cc1cc(OC)c(C(F)(F)CC)cc1OC. The highest BCUT2D eigenvalue weighted by Crippen LogP contribution is 2.41. The second-order valence-corrected chi connectivity index (χ2v) is 4.79. The summed E-state index contributed by atoms with van der Waals surface area (Å²) >= 11 is 0. The predicted octanol–water partition coefficient (Wildman–Crippen LogP) is 3.49. The van der Waals surface area contributed by atoms with Crippen LogP contribution >= 0.6 is 0 Å². The minimum atomic E-state index is -2.94. The Bertz CT molecular complexity index is 450. The van der Waals surface area contributed by atoms with Crippen molar-refractivity contribution in [3.05, 3.63) is 23.3 Å². The van der Waals surface area contributed by atoms with Gasteiger partial charge in [0.1, 0.15) is 11.5 Å². The lowest BCUT2D eigenvalue weighted by Gasteiger charge is -2.21. The van der Waals surface area contributed by atoms with Crippen LogP contribution in [-0.2, 0) is 12.3 Å². The highest BCUT2D eigenvalue weighted by atomic mass is 19.3. The molecule has 2 N–H and O–H groups in total. The van der Waals surface area contributed by atoms with Gasteiger partial charge in [-0.25, -0.2) is 8.78 Å². The first-order valence-electron chi connectivity index (χ1n) is 6.78. The van der Waals surface area contributed by atoms with Gasteiger partial charge in [-0.1, -0.05) is 13.8 Å². The van der Waals surface area contributed by atoms with E-state index in [0.29, 0.717) is 12.2 Å². The number of benzene rings is 1. The third kappa shape index (κ3) is 3.60. The van der Waals surface area contributed by atoms with Gasteiger partial charge in [0, 0.05) is 12.5 Å². The molecule has 0 saturated heterocycles. The smallest absolute Gasteiger partial charge is 0.276 e. The van der Waals surface area contributed by atoms with Crippen molar-refractivity contribution in [1.82, 2.24) is 0 Å². The van der Waals surface area contributed by atoms with Crippen LogP contribution in [0.3, 0.4) is 0 Å². The molecule has 0 aliphatic rings. The molecule has 1 unspecified atom stereocenters. The topological polar surface area (TPSA) is 44.5 Å². The number of rotatable bonds is 7. The molecule has 0 fully saturated rings. The molecule has 1 atom stereocenters. The number of methoxy groups -OCH3 is 2. The van der Waals surface area contributed by atoms with Gasteiger partial charge in [0.05, 0.1) is 19.8 Å². The Morgan fingerprint density at radius 2 is 1.75 bits per heavy atom. The van der Waals surface area contributed by atoms with Crippen LogP contribution < -0.4 is 15.2 Å². The summed E-state index contributed by atoms with van der Waals surface area (Å²) in [4.78, 5) is 0. The summed E-state index contributed by atoms with van der Waals surface area (Å²) in [6.07, 6.45) is 1.08. The minimum absolute atomic E-state index is 0.0360. The van der Waals surface area contributed by atoms with Gasteiger partial charge < -0.3 is 15.2 Å². The Morgan fingerprint density at radius 3 is 2.20 bits per heavy atom. The lowest BCUT2D eigenvalue weighted by Crippen LogP contribution is -2.22. The molecule has 0 bridgehead atoms. The summed E-state index contributed by atoms with van der Waals surface area (Å²) < 4.78 is 38.2. The van der Waals surface area contributed by atoms with E-state index in [0.717, 1.165) is 12.0 Å². The monoisotopic (exact) mass is 287 g/mol. The van der Waals surface area contributed by atoms with Crippen LogP contribution in [0.4, 0.5) is 8.78 Å². The highest BCUT2D eigenvalue weighted by molar-refractivity contribution is 5.48. The first-order valence-corrected chi connectivity index (χ1v) is 6.78. The number of ether oxygens (including phenoxy) is 2. The molecular weight excluding hydrogens is 264 g/mol. The van der Waals surface area contributed by atoms with Crippen LogP contribution in [0.25, 0.3) is 0 Å². The Balaban J connectivity index is 3.30. The predicted molar refractivity (Wildman–Crippen MR) is 75.7 cm³/mol. The summed E-state index contributed by atoms with van der Waals surface area (Å²) in [6, 6.07) is 2.93. The largest absolute Gasteiger partial charge is 0.496 e. The summed E-state index contributed by atoms with van der Waals surface area (Å²) in [5.41, 5.74) is 6.57. The quantitative estimate of drug-likeness (QED) is 0.835. The van der Waals surface area contributed by atoms with Crippen molar-refractivity contribution in [3.63, 3.8) is 0 Å². The Morgan fingerprint density at radius 1 is 1.15 bits per heavy atom. The van der Waals surface area contributed by atoms with E-state index in [4.69, 9.17) is 15.2 Å². The minimum Gasteiger partial charge on any atom is -0.496 e. The van der Waals surface area contributed by atoms with E-state index in [1.807, 2.05) is 6.92 Å². The van der Waals surface area contributed by atoms with E-state index in [9.17, 15) is 8.78 Å². The molecule has 1 aromatic carbocycles. The van der Waals surface area contributed by atoms with Crippen LogP contribution in [0.15, 0.2) is 12.1 Å². The third-order valence-electron chi connectivity index (χ3n) is 3.45. The van der Waals surface area contributed by atoms with Crippen LogP contribution in [-0.4, -0.2) is 20.3 Å². The van der Waals surface area contributed by atoms with E-state index in [1.54, 1.807) is 6.07 Å². The van der Waals surface area contributed by atoms with Gasteiger partial charge in [0.2, 0.25) is 0 Å². The van der Waals surface area contributed by atoms with Gasteiger partial charge in [-0.3, -0.25) is 0 Å². The van der Waals surface area contributed by atoms with Crippen LogP contribution in [0.2, 0.25) is 0 Å². The van der Waals surface area contributed by atoms with Crippen molar-refractivity contribution >= 4 is 0 Å². The average Bonchev–Trinajstić information content (AvgIpc) is 2.46. The second kappa shape index (κ2) is 6.88. The number of hydrogen-bond donors (Lipinski definition) is 1. The summed E-state index contributed by atoms with van der Waals surface area (Å²) in [5, 5.41) is 0. The highest BCUT2D eigenvalue weighted by Gasteiger charge is 2.33. The standard InChI is InChI=1S/C15H23F2NO2/c1-5-11(18)7-10-8-14(20-4)12(9-13(10)19-3)15(16,17)6-2/h8-9,11H,5-7,18H2,1-4H3. The van der Waals surface area contributed by atoms with E-state index in [2.05, 4.69) is 0 Å². The van der Waals surface area contributed by atoms with Crippen molar-refractivity contribution in [2.24, 2.45) is 5.73 Å². The Hall–Kier alpha value is -1.36. The first-order chi connectivity index (χ1) is 9.39. The molecule has 1 rings (SSSR count). The molecule has 0 radical (unpaired) electrons. The Kier molecular flexibility index (Phi) is 5.74. The summed E-state index contributed by atoms with van der Waals surface area (Å²) in [5.74, 6) is -2.34. The van der Waals surface area contributed by atoms with Crippen molar-refractivity contribution in [2.45, 2.75) is 45.1 Å². The molecule has 5 heteroatoms. The molecule has 114 valence electrons. The van der Waals surface area contributed by atoms with E-state index in [-0.39, 0.29) is 23.8 Å². The zero-order valence-corrected chi connectivity index (χ0v) is 12.5. The van der Waals surface area contributed by atoms with Crippen molar-refractivity contribution in [1.29, 1.82) is 0 Å². The molecule has 0 heterocycles. The third-order valence-corrected chi connectivity index (χ3v) is 3.45. The summed E-state index contributed by atoms with van der Waals surface area (Å²) in [7, 11) is 2.86. The lowest BCUT2D eigenvalue weighted by atomic mass is 9.97. The van der Waals surface area contributed by atoms with Gasteiger partial charge in [-0.15, -0.1) is 0 Å². The van der Waals surface area contributed by atoms with Crippen LogP contribution in [0, 0.1) is 0 Å². The molecular formula is C15H23F2NO2. The first kappa shape index (κ1) is 16.7. The zero-order valence-electron chi connectivity index (χ0n) is 12.5. The molecule has 1 aromatic rings. The van der Waals surface area contributed by atoms with E-state index < -0.39 is 5.92 Å². The fourth-order valence-electron chi connectivity index (χ4n) is 2.02. The van der Waals surface area contributed by atoms with Crippen molar-refractivity contribution in [3.8, 4) is 11.5 Å². The van der Waals surface area contributed by atoms with Gasteiger partial charge in [0.25, 0.3) is 5.92 Å². The maximum absolute atomic E-state index is 13.9. The molecule has 0 spiro atoms. The van der Waals surface area contributed by atoms with Gasteiger partial charge in [0.15, 0.2) is 0 Å². The molecule has 20 heavy (non-hydrogen) atoms. The molecule has 0 aliphatic heterocycles. The van der Waals surface area contributed by atoms with Crippen LogP contribution in [0.1, 0.15) is 37.8 Å². The van der Waals surface area contributed by atoms with E-state index in [1.165, 1.54) is 27.2 Å². The van der Waals surface area contributed by atoms with Crippen molar-refractivity contribution < 1.29 is 18.3 Å². The van der Waals surface area contributed by atoms with Crippen molar-refractivity contribution in [2.75, 3.05) is 14.2 Å². The number of nitrogens with two attached hydrogens (primary N) is 1. The van der Waals surface area contributed by atoms with Gasteiger partial charge in [-0.2, -0.15) is 0 Å². The molecule has 3 nitrogen and oxygen atoms in total. The fraction of sp³-hybridized carbons (Fsp3) is 0.600. The maximum atomic E-state index is 13.9. The normalized spacial score (nSPS) is 13.2. The fourth-order valence-corrected chi connectivity index (χ4v) is 2.02. The average molecular weight is 287 g/mol. The maximum Gasteiger partial charge on any atom is 0.276 e. The molecule has 0 aromatic heterocycles.